The van der Waals surface area contributed by atoms with Crippen LogP contribution in [0.25, 0.3) is 0 Å². The zero-order valence-electron chi connectivity index (χ0n) is 12.8. The van der Waals surface area contributed by atoms with E-state index < -0.39 is 0 Å². The van der Waals surface area contributed by atoms with Crippen LogP contribution in [0.15, 0.2) is 30.5 Å². The van der Waals surface area contributed by atoms with Gasteiger partial charge in [0, 0.05) is 35.6 Å². The third-order valence-corrected chi connectivity index (χ3v) is 5.18. The molecule has 2 heterocycles. The standard InChI is InChI=1S/C17H22N2OS/c1-17(2,3)15-9-19-16(21-15)10-18-8-12-11-20-14-7-5-4-6-13(12)14/h4-7,9,12,18H,8,10-11H2,1-3H3. The molecule has 1 aliphatic rings. The molecule has 1 aromatic heterocycles. The molecule has 0 bridgehead atoms. The van der Waals surface area contributed by atoms with E-state index in [1.807, 2.05) is 18.3 Å². The summed E-state index contributed by atoms with van der Waals surface area (Å²) in [5.74, 6) is 1.48. The van der Waals surface area contributed by atoms with Gasteiger partial charge in [-0.3, -0.25) is 0 Å². The van der Waals surface area contributed by atoms with E-state index in [-0.39, 0.29) is 5.41 Å². The average molecular weight is 302 g/mol. The molecule has 1 aromatic carbocycles. The van der Waals surface area contributed by atoms with Gasteiger partial charge in [0.1, 0.15) is 10.8 Å². The maximum absolute atomic E-state index is 5.71. The average Bonchev–Trinajstić information content (AvgIpc) is 3.06. The van der Waals surface area contributed by atoms with Crippen molar-refractivity contribution in [1.29, 1.82) is 0 Å². The maximum atomic E-state index is 5.71. The van der Waals surface area contributed by atoms with Crippen LogP contribution in [0.1, 0.15) is 42.1 Å². The highest BCUT2D eigenvalue weighted by Gasteiger charge is 2.23. The van der Waals surface area contributed by atoms with Crippen molar-refractivity contribution in [2.75, 3.05) is 13.2 Å². The molecule has 1 atom stereocenters. The van der Waals surface area contributed by atoms with E-state index in [0.29, 0.717) is 5.92 Å². The van der Waals surface area contributed by atoms with Gasteiger partial charge in [-0.2, -0.15) is 0 Å². The van der Waals surface area contributed by atoms with Gasteiger partial charge in [0.15, 0.2) is 0 Å². The highest BCUT2D eigenvalue weighted by atomic mass is 32.1. The summed E-state index contributed by atoms with van der Waals surface area (Å²) in [5.41, 5.74) is 1.51. The second kappa shape index (κ2) is 5.78. The summed E-state index contributed by atoms with van der Waals surface area (Å²) in [4.78, 5) is 5.86. The van der Waals surface area contributed by atoms with Gasteiger partial charge in [-0.1, -0.05) is 39.0 Å². The molecule has 1 unspecified atom stereocenters. The van der Waals surface area contributed by atoms with Crippen LogP contribution in [0.2, 0.25) is 0 Å². The number of thiazole rings is 1. The fourth-order valence-electron chi connectivity index (χ4n) is 2.49. The number of benzene rings is 1. The van der Waals surface area contributed by atoms with E-state index in [1.165, 1.54) is 10.4 Å². The Morgan fingerprint density at radius 1 is 1.33 bits per heavy atom. The number of rotatable bonds is 4. The van der Waals surface area contributed by atoms with Crippen molar-refractivity contribution in [3.63, 3.8) is 0 Å². The molecule has 0 radical (unpaired) electrons. The normalized spacial score (nSPS) is 17.6. The van der Waals surface area contributed by atoms with Crippen molar-refractivity contribution in [3.8, 4) is 5.75 Å². The van der Waals surface area contributed by atoms with Gasteiger partial charge in [-0.05, 0) is 11.5 Å². The minimum absolute atomic E-state index is 0.189. The third kappa shape index (κ3) is 3.27. The first-order valence-corrected chi connectivity index (χ1v) is 8.23. The van der Waals surface area contributed by atoms with Gasteiger partial charge in [0.25, 0.3) is 0 Å². The molecule has 3 nitrogen and oxygen atoms in total. The highest BCUT2D eigenvalue weighted by Crippen LogP contribution is 2.33. The van der Waals surface area contributed by atoms with Crippen molar-refractivity contribution in [2.24, 2.45) is 0 Å². The Labute approximate surface area is 130 Å². The van der Waals surface area contributed by atoms with Crippen LogP contribution in [-0.4, -0.2) is 18.1 Å². The molecule has 4 heteroatoms. The van der Waals surface area contributed by atoms with Crippen LogP contribution in [0.5, 0.6) is 5.75 Å². The molecule has 1 aliphatic heterocycles. The fraction of sp³-hybridized carbons (Fsp3) is 0.471. The smallest absolute Gasteiger partial charge is 0.122 e. The quantitative estimate of drug-likeness (QED) is 0.935. The minimum Gasteiger partial charge on any atom is -0.493 e. The predicted molar refractivity (Wildman–Crippen MR) is 87.2 cm³/mol. The lowest BCUT2D eigenvalue weighted by atomic mass is 9.96. The first-order valence-electron chi connectivity index (χ1n) is 7.41. The number of hydrogen-bond acceptors (Lipinski definition) is 4. The molecule has 0 fully saturated rings. The van der Waals surface area contributed by atoms with Crippen molar-refractivity contribution < 1.29 is 4.74 Å². The number of ether oxygens (including phenoxy) is 1. The Balaban J connectivity index is 1.54. The summed E-state index contributed by atoms with van der Waals surface area (Å²) < 4.78 is 5.71. The molecule has 0 saturated carbocycles. The largest absolute Gasteiger partial charge is 0.493 e. The maximum Gasteiger partial charge on any atom is 0.122 e. The van der Waals surface area contributed by atoms with E-state index >= 15 is 0 Å². The molecule has 3 rings (SSSR count). The van der Waals surface area contributed by atoms with Gasteiger partial charge in [0.05, 0.1) is 6.61 Å². The highest BCUT2D eigenvalue weighted by molar-refractivity contribution is 7.11. The molecule has 0 saturated heterocycles. The Morgan fingerprint density at radius 3 is 2.90 bits per heavy atom. The van der Waals surface area contributed by atoms with Gasteiger partial charge in [0.2, 0.25) is 0 Å². The van der Waals surface area contributed by atoms with Gasteiger partial charge in [-0.15, -0.1) is 11.3 Å². The summed E-state index contributed by atoms with van der Waals surface area (Å²) in [6, 6.07) is 8.32. The van der Waals surface area contributed by atoms with Crippen LogP contribution in [0, 0.1) is 0 Å². The Hall–Kier alpha value is -1.39. The number of aromatic nitrogens is 1. The Kier molecular flexibility index (Phi) is 4.00. The van der Waals surface area contributed by atoms with E-state index in [9.17, 15) is 0 Å². The molecule has 2 aromatic rings. The second-order valence-electron chi connectivity index (χ2n) is 6.54. The van der Waals surface area contributed by atoms with Crippen LogP contribution >= 0.6 is 11.3 Å². The number of nitrogens with one attached hydrogen (secondary N) is 1. The molecule has 1 N–H and O–H groups in total. The summed E-state index contributed by atoms with van der Waals surface area (Å²) in [5, 5.41) is 4.68. The lowest BCUT2D eigenvalue weighted by Crippen LogP contribution is -2.22. The number of fused-ring (bicyclic) bond motifs is 1. The lowest BCUT2D eigenvalue weighted by Gasteiger charge is -2.14. The summed E-state index contributed by atoms with van der Waals surface area (Å²) in [6.45, 7) is 9.22. The van der Waals surface area contributed by atoms with Crippen LogP contribution in [0.4, 0.5) is 0 Å². The van der Waals surface area contributed by atoms with Gasteiger partial charge < -0.3 is 10.1 Å². The van der Waals surface area contributed by atoms with E-state index in [4.69, 9.17) is 4.74 Å². The molecule has 21 heavy (non-hydrogen) atoms. The molecule has 0 amide bonds. The van der Waals surface area contributed by atoms with Crippen molar-refractivity contribution in [3.05, 3.63) is 45.9 Å². The van der Waals surface area contributed by atoms with Crippen LogP contribution < -0.4 is 10.1 Å². The number of para-hydroxylation sites is 1. The molecule has 0 aliphatic carbocycles. The number of nitrogens with zero attached hydrogens (tertiary/aromatic N) is 1. The zero-order valence-corrected chi connectivity index (χ0v) is 13.7. The topological polar surface area (TPSA) is 34.2 Å². The monoisotopic (exact) mass is 302 g/mol. The van der Waals surface area contributed by atoms with Crippen molar-refractivity contribution in [1.82, 2.24) is 10.3 Å². The van der Waals surface area contributed by atoms with Crippen molar-refractivity contribution >= 4 is 11.3 Å². The molecular formula is C17H22N2OS. The van der Waals surface area contributed by atoms with E-state index in [2.05, 4.69) is 43.2 Å². The van der Waals surface area contributed by atoms with Crippen LogP contribution in [-0.2, 0) is 12.0 Å². The Morgan fingerprint density at radius 2 is 2.14 bits per heavy atom. The SMILES string of the molecule is CC(C)(C)c1cnc(CNCC2COc3ccccc32)s1. The Bertz CT molecular complexity index is 615. The number of hydrogen-bond donors (Lipinski definition) is 1. The molecule has 0 spiro atoms. The van der Waals surface area contributed by atoms with E-state index in [1.54, 1.807) is 11.3 Å². The van der Waals surface area contributed by atoms with E-state index in [0.717, 1.165) is 30.5 Å². The fourth-order valence-corrected chi connectivity index (χ4v) is 3.44. The predicted octanol–water partition coefficient (Wildman–Crippen LogP) is 3.71. The lowest BCUT2D eigenvalue weighted by molar-refractivity contribution is 0.326. The summed E-state index contributed by atoms with van der Waals surface area (Å²) in [7, 11) is 0. The molecule has 112 valence electrons. The summed E-state index contributed by atoms with van der Waals surface area (Å²) in [6.07, 6.45) is 2.01. The molecular weight excluding hydrogens is 280 g/mol. The first kappa shape index (κ1) is 14.5. The summed E-state index contributed by atoms with van der Waals surface area (Å²) >= 11 is 1.80. The zero-order chi connectivity index (χ0) is 14.9. The van der Waals surface area contributed by atoms with Crippen molar-refractivity contribution in [2.45, 2.75) is 38.6 Å². The minimum atomic E-state index is 0.189. The van der Waals surface area contributed by atoms with Gasteiger partial charge >= 0.3 is 0 Å². The second-order valence-corrected chi connectivity index (χ2v) is 7.66. The van der Waals surface area contributed by atoms with Crippen LogP contribution in [0.3, 0.4) is 0 Å². The third-order valence-electron chi connectivity index (χ3n) is 3.76. The first-order chi connectivity index (χ1) is 10.0. The van der Waals surface area contributed by atoms with Gasteiger partial charge in [-0.25, -0.2) is 4.98 Å².